The maximum absolute atomic E-state index is 10.9. The lowest BCUT2D eigenvalue weighted by atomic mass is 9.96. The standard InChI is InChI=1S/C9H16O2S/c1-2-11-9(8-10)4-3-6-12-7-5-9/h8H,2-7H2,1H3. The van der Waals surface area contributed by atoms with E-state index in [9.17, 15) is 4.79 Å². The summed E-state index contributed by atoms with van der Waals surface area (Å²) in [7, 11) is 0. The van der Waals surface area contributed by atoms with Crippen LogP contribution in [0.15, 0.2) is 0 Å². The summed E-state index contributed by atoms with van der Waals surface area (Å²) in [6, 6.07) is 0. The Morgan fingerprint density at radius 2 is 2.33 bits per heavy atom. The van der Waals surface area contributed by atoms with Gasteiger partial charge in [0.1, 0.15) is 5.60 Å². The van der Waals surface area contributed by atoms with Crippen LogP contribution in [0, 0.1) is 0 Å². The Hall–Kier alpha value is -0.0200. The van der Waals surface area contributed by atoms with Gasteiger partial charge in [0.15, 0.2) is 6.29 Å². The van der Waals surface area contributed by atoms with Crippen molar-refractivity contribution in [1.82, 2.24) is 0 Å². The highest BCUT2D eigenvalue weighted by molar-refractivity contribution is 7.99. The molecule has 0 bridgehead atoms. The van der Waals surface area contributed by atoms with Crippen molar-refractivity contribution < 1.29 is 9.53 Å². The molecule has 0 aromatic heterocycles. The Morgan fingerprint density at radius 1 is 1.50 bits per heavy atom. The Morgan fingerprint density at radius 3 is 3.00 bits per heavy atom. The summed E-state index contributed by atoms with van der Waals surface area (Å²) in [6.07, 6.45) is 3.89. The SMILES string of the molecule is CCOC1(C=O)CCCSCC1. The van der Waals surface area contributed by atoms with Crippen molar-refractivity contribution in [1.29, 1.82) is 0 Å². The molecular formula is C9H16O2S. The summed E-state index contributed by atoms with van der Waals surface area (Å²) >= 11 is 1.92. The maximum atomic E-state index is 10.9. The fourth-order valence-corrected chi connectivity index (χ4v) is 2.57. The van der Waals surface area contributed by atoms with E-state index in [1.54, 1.807) is 0 Å². The maximum Gasteiger partial charge on any atom is 0.151 e. The summed E-state index contributed by atoms with van der Waals surface area (Å²) in [5, 5.41) is 0. The smallest absolute Gasteiger partial charge is 0.151 e. The zero-order chi connectivity index (χ0) is 8.86. The van der Waals surface area contributed by atoms with Crippen LogP contribution in [0.3, 0.4) is 0 Å². The molecule has 1 fully saturated rings. The second-order valence-corrected chi connectivity index (χ2v) is 4.31. The van der Waals surface area contributed by atoms with Gasteiger partial charge in [0.05, 0.1) is 0 Å². The van der Waals surface area contributed by atoms with Crippen LogP contribution in [-0.4, -0.2) is 30.0 Å². The summed E-state index contributed by atoms with van der Waals surface area (Å²) < 4.78 is 5.52. The van der Waals surface area contributed by atoms with E-state index in [4.69, 9.17) is 4.74 Å². The van der Waals surface area contributed by atoms with E-state index in [1.165, 1.54) is 5.75 Å². The third kappa shape index (κ3) is 2.49. The number of thioether (sulfide) groups is 1. The fourth-order valence-electron chi connectivity index (χ4n) is 1.53. The molecule has 0 aliphatic carbocycles. The molecule has 0 aromatic carbocycles. The first-order valence-electron chi connectivity index (χ1n) is 4.51. The molecule has 1 atom stereocenters. The van der Waals surface area contributed by atoms with E-state index in [1.807, 2.05) is 18.7 Å². The normalized spacial score (nSPS) is 31.1. The van der Waals surface area contributed by atoms with Crippen LogP contribution in [0.25, 0.3) is 0 Å². The number of hydrogen-bond donors (Lipinski definition) is 0. The lowest BCUT2D eigenvalue weighted by Crippen LogP contribution is -2.34. The number of carbonyl (C=O) groups is 1. The van der Waals surface area contributed by atoms with Crippen molar-refractivity contribution in [3.05, 3.63) is 0 Å². The molecule has 1 aliphatic heterocycles. The third-order valence-corrected chi connectivity index (χ3v) is 3.27. The molecule has 3 heteroatoms. The molecule has 2 nitrogen and oxygen atoms in total. The Kier molecular flexibility index (Phi) is 4.09. The first-order chi connectivity index (χ1) is 5.83. The summed E-state index contributed by atoms with van der Waals surface area (Å²) in [4.78, 5) is 10.9. The van der Waals surface area contributed by atoms with Gasteiger partial charge in [-0.15, -0.1) is 0 Å². The van der Waals surface area contributed by atoms with Crippen molar-refractivity contribution in [2.45, 2.75) is 31.8 Å². The molecule has 0 N–H and O–H groups in total. The van der Waals surface area contributed by atoms with Crippen molar-refractivity contribution >= 4 is 18.0 Å². The number of rotatable bonds is 3. The minimum Gasteiger partial charge on any atom is -0.368 e. The topological polar surface area (TPSA) is 26.3 Å². The van der Waals surface area contributed by atoms with Crippen molar-refractivity contribution in [3.63, 3.8) is 0 Å². The van der Waals surface area contributed by atoms with Crippen molar-refractivity contribution in [2.75, 3.05) is 18.1 Å². The first kappa shape index (κ1) is 10.1. The second-order valence-electron chi connectivity index (χ2n) is 3.08. The van der Waals surface area contributed by atoms with Crippen LogP contribution in [-0.2, 0) is 9.53 Å². The average molecular weight is 188 g/mol. The largest absolute Gasteiger partial charge is 0.368 e. The van der Waals surface area contributed by atoms with Crippen molar-refractivity contribution in [2.24, 2.45) is 0 Å². The van der Waals surface area contributed by atoms with Crippen LogP contribution >= 0.6 is 11.8 Å². The van der Waals surface area contributed by atoms with Gasteiger partial charge in [-0.2, -0.15) is 11.8 Å². The van der Waals surface area contributed by atoms with Gasteiger partial charge in [-0.1, -0.05) is 0 Å². The minimum absolute atomic E-state index is 0.446. The predicted octanol–water partition coefficient (Wildman–Crippen LogP) is 1.88. The highest BCUT2D eigenvalue weighted by Gasteiger charge is 2.30. The third-order valence-electron chi connectivity index (χ3n) is 2.20. The molecular weight excluding hydrogens is 172 g/mol. The Bertz CT molecular complexity index is 139. The molecule has 1 unspecified atom stereocenters. The number of ether oxygens (including phenoxy) is 1. The lowest BCUT2D eigenvalue weighted by molar-refractivity contribution is -0.132. The molecule has 1 saturated heterocycles. The van der Waals surface area contributed by atoms with Crippen LogP contribution in [0.1, 0.15) is 26.2 Å². The number of aldehydes is 1. The zero-order valence-corrected chi connectivity index (χ0v) is 8.36. The van der Waals surface area contributed by atoms with E-state index < -0.39 is 5.60 Å². The zero-order valence-electron chi connectivity index (χ0n) is 7.54. The Balaban J connectivity index is 2.54. The summed E-state index contributed by atoms with van der Waals surface area (Å²) in [5.41, 5.74) is -0.446. The van der Waals surface area contributed by atoms with E-state index in [2.05, 4.69) is 0 Å². The van der Waals surface area contributed by atoms with Crippen LogP contribution in [0.2, 0.25) is 0 Å². The molecule has 0 amide bonds. The highest BCUT2D eigenvalue weighted by atomic mass is 32.2. The van der Waals surface area contributed by atoms with Crippen LogP contribution < -0.4 is 0 Å². The van der Waals surface area contributed by atoms with Gasteiger partial charge < -0.3 is 9.53 Å². The van der Waals surface area contributed by atoms with Gasteiger partial charge >= 0.3 is 0 Å². The van der Waals surface area contributed by atoms with Gasteiger partial charge in [0.25, 0.3) is 0 Å². The van der Waals surface area contributed by atoms with Gasteiger partial charge in [-0.05, 0) is 37.7 Å². The molecule has 0 radical (unpaired) electrons. The van der Waals surface area contributed by atoms with Gasteiger partial charge in [0, 0.05) is 6.61 Å². The minimum atomic E-state index is -0.446. The number of carbonyl (C=O) groups excluding carboxylic acids is 1. The van der Waals surface area contributed by atoms with Gasteiger partial charge in [-0.3, -0.25) is 0 Å². The predicted molar refractivity (Wildman–Crippen MR) is 51.6 cm³/mol. The van der Waals surface area contributed by atoms with Crippen LogP contribution in [0.4, 0.5) is 0 Å². The quantitative estimate of drug-likeness (QED) is 0.633. The van der Waals surface area contributed by atoms with Gasteiger partial charge in [-0.25, -0.2) is 0 Å². The monoisotopic (exact) mass is 188 g/mol. The van der Waals surface area contributed by atoms with Gasteiger partial charge in [0.2, 0.25) is 0 Å². The van der Waals surface area contributed by atoms with E-state index in [-0.39, 0.29) is 0 Å². The van der Waals surface area contributed by atoms with E-state index in [0.29, 0.717) is 6.61 Å². The number of hydrogen-bond acceptors (Lipinski definition) is 3. The second kappa shape index (κ2) is 4.87. The van der Waals surface area contributed by atoms with E-state index in [0.717, 1.165) is 31.3 Å². The molecule has 12 heavy (non-hydrogen) atoms. The highest BCUT2D eigenvalue weighted by Crippen LogP contribution is 2.27. The lowest BCUT2D eigenvalue weighted by Gasteiger charge is -2.25. The average Bonchev–Trinajstić information content (AvgIpc) is 2.32. The molecule has 1 rings (SSSR count). The van der Waals surface area contributed by atoms with Crippen molar-refractivity contribution in [3.8, 4) is 0 Å². The molecule has 0 saturated carbocycles. The Labute approximate surface area is 78.1 Å². The first-order valence-corrected chi connectivity index (χ1v) is 5.66. The van der Waals surface area contributed by atoms with Crippen LogP contribution in [0.5, 0.6) is 0 Å². The fraction of sp³-hybridized carbons (Fsp3) is 0.889. The molecule has 0 spiro atoms. The molecule has 70 valence electrons. The summed E-state index contributed by atoms with van der Waals surface area (Å²) in [5.74, 6) is 2.22. The molecule has 0 aromatic rings. The summed E-state index contributed by atoms with van der Waals surface area (Å²) in [6.45, 7) is 2.59. The van der Waals surface area contributed by atoms with E-state index >= 15 is 0 Å². The molecule has 1 heterocycles. The molecule has 1 aliphatic rings.